The summed E-state index contributed by atoms with van der Waals surface area (Å²) in [6.45, 7) is 0. The number of hydrogen-bond acceptors (Lipinski definition) is 4. The molecule has 0 aromatic rings. The summed E-state index contributed by atoms with van der Waals surface area (Å²) in [4.78, 5) is 23.1. The lowest BCUT2D eigenvalue weighted by molar-refractivity contribution is -0.117. The Morgan fingerprint density at radius 3 is 1.92 bits per heavy atom. The highest BCUT2D eigenvalue weighted by atomic mass is 16.2. The molecule has 12 heavy (non-hydrogen) atoms. The van der Waals surface area contributed by atoms with Crippen molar-refractivity contribution in [1.29, 1.82) is 5.39 Å². The standard InChI is InChI=1S/C4H4N6O2/c5-3(11)1(9-7)2(10-8)4(6)12/h(H2,5,11)(H2,6,12). The van der Waals surface area contributed by atoms with Gasteiger partial charge in [-0.05, 0) is 0 Å². The van der Waals surface area contributed by atoms with Crippen molar-refractivity contribution in [2.45, 2.75) is 0 Å². The maximum absolute atomic E-state index is 10.4. The highest BCUT2D eigenvalue weighted by Crippen LogP contribution is 2.06. The van der Waals surface area contributed by atoms with E-state index < -0.39 is 23.2 Å². The molecule has 0 unspecified atom stereocenters. The third-order valence-electron chi connectivity index (χ3n) is 0.891. The zero-order chi connectivity index (χ0) is 9.72. The summed E-state index contributed by atoms with van der Waals surface area (Å²) in [6.07, 6.45) is 0. The van der Waals surface area contributed by atoms with Crippen molar-refractivity contribution in [2.75, 3.05) is 0 Å². The number of carbonyl (C=O) groups is 2. The van der Waals surface area contributed by atoms with Gasteiger partial charge >= 0.3 is 11.6 Å². The summed E-state index contributed by atoms with van der Waals surface area (Å²) in [5.41, 5.74) is 15.6. The van der Waals surface area contributed by atoms with Crippen LogP contribution in [0, 0.1) is 5.39 Å². The van der Waals surface area contributed by atoms with Crippen molar-refractivity contribution >= 4 is 11.8 Å². The number of diazo groups is 1. The molecular formula is C4H4N6O2. The molecule has 4 N–H and O–H groups in total. The van der Waals surface area contributed by atoms with Gasteiger partial charge in [-0.2, -0.15) is 0 Å². The zero-order valence-corrected chi connectivity index (χ0v) is 5.76. The molecule has 0 aromatic heterocycles. The second-order valence-corrected chi connectivity index (χ2v) is 1.63. The van der Waals surface area contributed by atoms with Crippen LogP contribution in [-0.2, 0) is 9.59 Å². The van der Waals surface area contributed by atoms with E-state index in [-0.39, 0.29) is 0 Å². The fourth-order valence-electron chi connectivity index (χ4n) is 0.427. The molecule has 0 rings (SSSR count). The SMILES string of the molecule is N#[N+]C(C(N)=O)=C(N=[N-])C(N)=O. The predicted molar refractivity (Wildman–Crippen MR) is 36.3 cm³/mol. The number of primary amides is 2. The number of amides is 2. The van der Waals surface area contributed by atoms with Crippen molar-refractivity contribution in [3.8, 4) is 0 Å². The van der Waals surface area contributed by atoms with Gasteiger partial charge in [0.05, 0.1) is 0 Å². The number of carbonyl (C=O) groups excluding carboxylic acids is 2. The van der Waals surface area contributed by atoms with Gasteiger partial charge in [0, 0.05) is 0 Å². The van der Waals surface area contributed by atoms with E-state index in [1.165, 1.54) is 0 Å². The van der Waals surface area contributed by atoms with E-state index in [1.54, 1.807) is 0 Å². The maximum atomic E-state index is 10.4. The molecule has 0 atom stereocenters. The van der Waals surface area contributed by atoms with Gasteiger partial charge in [0.15, 0.2) is 4.98 Å². The Labute approximate surface area is 66.3 Å². The smallest absolute Gasteiger partial charge is 0.477 e. The van der Waals surface area contributed by atoms with Crippen LogP contribution in [0.25, 0.3) is 10.5 Å². The minimum atomic E-state index is -1.23. The topological polar surface area (TPSA) is 149 Å². The molecule has 62 valence electrons. The first-order valence-corrected chi connectivity index (χ1v) is 2.58. The average Bonchev–Trinajstić information content (AvgIpc) is 1.98. The van der Waals surface area contributed by atoms with Crippen LogP contribution in [-0.4, -0.2) is 11.8 Å². The average molecular weight is 168 g/mol. The number of nitrogens with zero attached hydrogens (tertiary/aromatic N) is 4. The summed E-state index contributed by atoms with van der Waals surface area (Å²) in [5.74, 6) is -2.46. The summed E-state index contributed by atoms with van der Waals surface area (Å²) >= 11 is 0. The third kappa shape index (κ3) is 1.84. The number of rotatable bonds is 3. The molecule has 0 saturated carbocycles. The van der Waals surface area contributed by atoms with Crippen molar-refractivity contribution in [1.82, 2.24) is 0 Å². The molecule has 0 bridgehead atoms. The van der Waals surface area contributed by atoms with Crippen LogP contribution in [0.1, 0.15) is 0 Å². The van der Waals surface area contributed by atoms with E-state index in [1.807, 2.05) is 0 Å². The van der Waals surface area contributed by atoms with E-state index in [2.05, 4.69) is 21.6 Å². The van der Waals surface area contributed by atoms with Crippen LogP contribution in [0.15, 0.2) is 16.5 Å². The van der Waals surface area contributed by atoms with E-state index >= 15 is 0 Å². The predicted octanol–water partition coefficient (Wildman–Crippen LogP) is -0.957. The molecule has 0 aliphatic rings. The monoisotopic (exact) mass is 168 g/mol. The second-order valence-electron chi connectivity index (χ2n) is 1.63. The number of nitrogens with two attached hydrogens (primary N) is 2. The first-order valence-electron chi connectivity index (χ1n) is 2.58. The van der Waals surface area contributed by atoms with E-state index in [9.17, 15) is 9.59 Å². The lowest BCUT2D eigenvalue weighted by atomic mass is 10.3. The zero-order valence-electron chi connectivity index (χ0n) is 5.76. The van der Waals surface area contributed by atoms with Crippen molar-refractivity contribution in [2.24, 2.45) is 16.6 Å². The van der Waals surface area contributed by atoms with Crippen molar-refractivity contribution in [3.05, 3.63) is 21.9 Å². The van der Waals surface area contributed by atoms with Crippen LogP contribution in [0.2, 0.25) is 0 Å². The summed E-state index contributed by atoms with van der Waals surface area (Å²) in [6, 6.07) is 0. The van der Waals surface area contributed by atoms with Crippen molar-refractivity contribution in [3.63, 3.8) is 0 Å². The molecule has 0 heterocycles. The van der Waals surface area contributed by atoms with Gasteiger partial charge in [-0.1, -0.05) is 0 Å². The van der Waals surface area contributed by atoms with Crippen molar-refractivity contribution < 1.29 is 9.59 Å². The Morgan fingerprint density at radius 2 is 1.83 bits per heavy atom. The maximum Gasteiger partial charge on any atom is 0.477 e. The van der Waals surface area contributed by atoms with Gasteiger partial charge in [-0.25, -0.2) is 0 Å². The van der Waals surface area contributed by atoms with Crippen LogP contribution in [0.5, 0.6) is 0 Å². The Kier molecular flexibility index (Phi) is 3.05. The van der Waals surface area contributed by atoms with E-state index in [0.29, 0.717) is 0 Å². The largest absolute Gasteiger partial charge is 0.706 e. The van der Waals surface area contributed by atoms with Gasteiger partial charge in [-0.3, -0.25) is 9.59 Å². The molecule has 0 fully saturated rings. The molecular weight excluding hydrogens is 164 g/mol. The third-order valence-corrected chi connectivity index (χ3v) is 0.891. The minimum Gasteiger partial charge on any atom is -0.706 e. The van der Waals surface area contributed by atoms with Gasteiger partial charge in [0.1, 0.15) is 0 Å². The fraction of sp³-hybridized carbons (Fsp3) is 0. The lowest BCUT2D eigenvalue weighted by Gasteiger charge is -1.92. The highest BCUT2D eigenvalue weighted by molar-refractivity contribution is 6.04. The van der Waals surface area contributed by atoms with Gasteiger partial charge in [0.2, 0.25) is 11.1 Å². The summed E-state index contributed by atoms with van der Waals surface area (Å²) in [5, 5.41) is 10.5. The summed E-state index contributed by atoms with van der Waals surface area (Å²) < 4.78 is 0. The molecule has 0 aliphatic heterocycles. The molecule has 8 heteroatoms. The summed E-state index contributed by atoms with van der Waals surface area (Å²) in [7, 11) is 0. The van der Waals surface area contributed by atoms with E-state index in [0.717, 1.165) is 0 Å². The lowest BCUT2D eigenvalue weighted by Crippen LogP contribution is -2.20. The molecule has 0 spiro atoms. The van der Waals surface area contributed by atoms with E-state index in [4.69, 9.17) is 10.9 Å². The number of hydrogen-bond donors (Lipinski definition) is 2. The minimum absolute atomic E-state index is 0.898. The van der Waals surface area contributed by atoms with Gasteiger partial charge in [0.25, 0.3) is 5.91 Å². The van der Waals surface area contributed by atoms with Crippen LogP contribution in [0.4, 0.5) is 0 Å². The molecule has 0 radical (unpaired) electrons. The van der Waals surface area contributed by atoms with Crippen LogP contribution in [0.3, 0.4) is 0 Å². The quantitative estimate of drug-likeness (QED) is 0.317. The molecule has 0 saturated heterocycles. The first kappa shape index (κ1) is 9.70. The molecule has 8 nitrogen and oxygen atoms in total. The fourth-order valence-corrected chi connectivity index (χ4v) is 0.427. The van der Waals surface area contributed by atoms with Gasteiger partial charge < -0.3 is 22.1 Å². The Morgan fingerprint density at radius 1 is 1.33 bits per heavy atom. The molecule has 2 amide bonds. The van der Waals surface area contributed by atoms with Crippen LogP contribution >= 0.6 is 0 Å². The van der Waals surface area contributed by atoms with Crippen LogP contribution < -0.4 is 11.5 Å². The molecule has 0 aliphatic carbocycles. The first-order chi connectivity index (χ1) is 5.54. The van der Waals surface area contributed by atoms with Gasteiger partial charge in [-0.15, -0.1) is 0 Å². The Bertz CT molecular complexity index is 310. The molecule has 0 aromatic carbocycles. The highest BCUT2D eigenvalue weighted by Gasteiger charge is 2.27. The Hall–Kier alpha value is -2.30. The second kappa shape index (κ2) is 3.77. The normalized spacial score (nSPS) is 10.9. The Balaban J connectivity index is 5.35.